The molecule has 0 atom stereocenters. The molecule has 3 aromatic rings. The minimum atomic E-state index is -1.00. The summed E-state index contributed by atoms with van der Waals surface area (Å²) in [5.41, 5.74) is 1.37. The zero-order valence-electron chi connectivity index (χ0n) is 10.1. The molecule has 1 N–H and O–H groups in total. The molecule has 2 heterocycles. The van der Waals surface area contributed by atoms with Crippen molar-refractivity contribution >= 4 is 16.9 Å². The zero-order valence-corrected chi connectivity index (χ0v) is 10.1. The smallest absolute Gasteiger partial charge is 0.352 e. The Morgan fingerprint density at radius 2 is 2.05 bits per heavy atom. The summed E-state index contributed by atoms with van der Waals surface area (Å²) >= 11 is 0. The topological polar surface area (TPSA) is 55.4 Å². The highest BCUT2D eigenvalue weighted by Crippen LogP contribution is 2.29. The van der Waals surface area contributed by atoms with Gasteiger partial charge in [0.15, 0.2) is 5.76 Å². The molecule has 2 aromatic heterocycles. The highest BCUT2D eigenvalue weighted by atomic mass is 19.1. The number of furan rings is 1. The molecule has 5 heteroatoms. The highest BCUT2D eigenvalue weighted by Gasteiger charge is 2.15. The van der Waals surface area contributed by atoms with E-state index in [4.69, 9.17) is 9.52 Å². The van der Waals surface area contributed by atoms with E-state index in [0.717, 1.165) is 0 Å². The molecule has 0 aliphatic heterocycles. The summed E-state index contributed by atoms with van der Waals surface area (Å²) in [6, 6.07) is 9.12. The van der Waals surface area contributed by atoms with Crippen molar-refractivity contribution in [2.45, 2.75) is 0 Å². The van der Waals surface area contributed by atoms with E-state index in [1.54, 1.807) is 25.2 Å². The maximum absolute atomic E-state index is 13.1. The molecule has 1 aromatic carbocycles. The third-order valence-corrected chi connectivity index (χ3v) is 3.07. The van der Waals surface area contributed by atoms with Crippen molar-refractivity contribution in [2.24, 2.45) is 7.05 Å². The first kappa shape index (κ1) is 11.5. The summed E-state index contributed by atoms with van der Waals surface area (Å²) in [5.74, 6) is -0.829. The Labute approximate surface area is 107 Å². The van der Waals surface area contributed by atoms with Crippen LogP contribution < -0.4 is 0 Å². The average molecular weight is 259 g/mol. The van der Waals surface area contributed by atoms with Crippen molar-refractivity contribution in [2.75, 3.05) is 0 Å². The van der Waals surface area contributed by atoms with Crippen molar-refractivity contribution in [1.29, 1.82) is 0 Å². The highest BCUT2D eigenvalue weighted by molar-refractivity contribution is 5.88. The Kier molecular flexibility index (Phi) is 2.41. The summed E-state index contributed by atoms with van der Waals surface area (Å²) in [7, 11) is 1.65. The maximum atomic E-state index is 13.1. The molecule has 3 rings (SSSR count). The number of carboxylic acid groups (broad SMARTS) is 1. The van der Waals surface area contributed by atoms with Gasteiger partial charge in [-0.2, -0.15) is 0 Å². The first-order valence-corrected chi connectivity index (χ1v) is 5.65. The predicted octanol–water partition coefficient (Wildman–Crippen LogP) is 3.28. The molecule has 0 saturated heterocycles. The van der Waals surface area contributed by atoms with Gasteiger partial charge in [-0.3, -0.25) is 0 Å². The second-order valence-corrected chi connectivity index (χ2v) is 4.26. The molecule has 96 valence electrons. The second kappa shape index (κ2) is 3.98. The van der Waals surface area contributed by atoms with Crippen molar-refractivity contribution in [1.82, 2.24) is 4.57 Å². The lowest BCUT2D eigenvalue weighted by Crippen LogP contribution is -2.04. The first-order chi connectivity index (χ1) is 9.06. The van der Waals surface area contributed by atoms with Crippen LogP contribution in [0.5, 0.6) is 0 Å². The van der Waals surface area contributed by atoms with E-state index in [9.17, 15) is 9.18 Å². The summed E-state index contributed by atoms with van der Waals surface area (Å²) < 4.78 is 20.2. The summed E-state index contributed by atoms with van der Waals surface area (Å²) in [6.45, 7) is 0. The van der Waals surface area contributed by atoms with E-state index < -0.39 is 5.97 Å². The van der Waals surface area contributed by atoms with E-state index in [1.807, 2.05) is 0 Å². The zero-order chi connectivity index (χ0) is 13.6. The Balaban J connectivity index is 2.16. The number of fused-ring (bicyclic) bond motifs is 1. The standard InChI is InChI=1S/C14H10FNO3/c1-16-10(3-4-11(16)14(17)18)13-7-8-6-9(15)2-5-12(8)19-13/h2-7H,1H3,(H,17,18). The van der Waals surface area contributed by atoms with Crippen LogP contribution in [0.2, 0.25) is 0 Å². The molecule has 0 saturated carbocycles. The van der Waals surface area contributed by atoms with Crippen molar-refractivity contribution in [3.63, 3.8) is 0 Å². The minimum absolute atomic E-state index is 0.168. The molecule has 4 nitrogen and oxygen atoms in total. The fourth-order valence-electron chi connectivity index (χ4n) is 2.11. The number of nitrogens with zero attached hydrogens (tertiary/aromatic N) is 1. The van der Waals surface area contributed by atoms with E-state index in [-0.39, 0.29) is 11.5 Å². The van der Waals surface area contributed by atoms with Crippen molar-refractivity contribution in [3.05, 3.63) is 47.9 Å². The number of carbonyl (C=O) groups is 1. The molecular formula is C14H10FNO3. The van der Waals surface area contributed by atoms with E-state index in [2.05, 4.69) is 0 Å². The molecule has 0 bridgehead atoms. The van der Waals surface area contributed by atoms with Crippen molar-refractivity contribution < 1.29 is 18.7 Å². The van der Waals surface area contributed by atoms with Gasteiger partial charge in [-0.15, -0.1) is 0 Å². The van der Waals surface area contributed by atoms with Crippen LogP contribution in [0, 0.1) is 5.82 Å². The number of hydrogen-bond donors (Lipinski definition) is 1. The van der Waals surface area contributed by atoms with Gasteiger partial charge in [-0.05, 0) is 36.4 Å². The molecule has 0 unspecified atom stereocenters. The molecule has 0 aliphatic rings. The third-order valence-electron chi connectivity index (χ3n) is 3.07. The van der Waals surface area contributed by atoms with Crippen LogP contribution in [0.3, 0.4) is 0 Å². The molecular weight excluding hydrogens is 249 g/mol. The molecule has 0 fully saturated rings. The summed E-state index contributed by atoms with van der Waals surface area (Å²) in [5, 5.41) is 9.65. The maximum Gasteiger partial charge on any atom is 0.352 e. The van der Waals surface area contributed by atoms with E-state index in [0.29, 0.717) is 22.4 Å². The van der Waals surface area contributed by atoms with Crippen LogP contribution in [0.25, 0.3) is 22.4 Å². The van der Waals surface area contributed by atoms with Gasteiger partial charge < -0.3 is 14.1 Å². The Bertz CT molecular complexity index is 785. The van der Waals surface area contributed by atoms with Crippen LogP contribution in [0.4, 0.5) is 4.39 Å². The van der Waals surface area contributed by atoms with Gasteiger partial charge in [0.25, 0.3) is 0 Å². The minimum Gasteiger partial charge on any atom is -0.477 e. The Morgan fingerprint density at radius 1 is 1.26 bits per heavy atom. The Morgan fingerprint density at radius 3 is 2.74 bits per heavy atom. The fraction of sp³-hybridized carbons (Fsp3) is 0.0714. The number of aromatic carboxylic acids is 1. The SMILES string of the molecule is Cn1c(C(=O)O)ccc1-c1cc2cc(F)ccc2o1. The number of carboxylic acids is 1. The van der Waals surface area contributed by atoms with Gasteiger partial charge in [0, 0.05) is 12.4 Å². The van der Waals surface area contributed by atoms with E-state index >= 15 is 0 Å². The van der Waals surface area contributed by atoms with Crippen LogP contribution in [-0.4, -0.2) is 15.6 Å². The number of hydrogen-bond acceptors (Lipinski definition) is 2. The average Bonchev–Trinajstić information content (AvgIpc) is 2.91. The largest absolute Gasteiger partial charge is 0.477 e. The quantitative estimate of drug-likeness (QED) is 0.768. The number of aromatic nitrogens is 1. The van der Waals surface area contributed by atoms with Gasteiger partial charge in [0.1, 0.15) is 17.1 Å². The molecule has 0 spiro atoms. The molecule has 0 amide bonds. The van der Waals surface area contributed by atoms with Crippen LogP contribution >= 0.6 is 0 Å². The van der Waals surface area contributed by atoms with Gasteiger partial charge in [-0.1, -0.05) is 0 Å². The van der Waals surface area contributed by atoms with Crippen LogP contribution in [-0.2, 0) is 7.05 Å². The van der Waals surface area contributed by atoms with Gasteiger partial charge in [-0.25, -0.2) is 9.18 Å². The number of rotatable bonds is 2. The normalized spacial score (nSPS) is 11.1. The monoisotopic (exact) mass is 259 g/mol. The summed E-state index contributed by atoms with van der Waals surface area (Å²) in [4.78, 5) is 11.0. The number of benzene rings is 1. The lowest BCUT2D eigenvalue weighted by Gasteiger charge is -2.01. The lowest BCUT2D eigenvalue weighted by molar-refractivity contribution is 0.0686. The molecule has 19 heavy (non-hydrogen) atoms. The van der Waals surface area contributed by atoms with E-state index in [1.165, 1.54) is 22.8 Å². The Hall–Kier alpha value is -2.56. The van der Waals surface area contributed by atoms with Gasteiger partial charge in [0.05, 0.1) is 5.69 Å². The third kappa shape index (κ3) is 1.79. The van der Waals surface area contributed by atoms with Crippen LogP contribution in [0.1, 0.15) is 10.5 Å². The van der Waals surface area contributed by atoms with Gasteiger partial charge in [0.2, 0.25) is 0 Å². The molecule has 0 radical (unpaired) electrons. The number of halogens is 1. The summed E-state index contributed by atoms with van der Waals surface area (Å²) in [6.07, 6.45) is 0. The predicted molar refractivity (Wildman–Crippen MR) is 67.5 cm³/mol. The molecule has 0 aliphatic carbocycles. The second-order valence-electron chi connectivity index (χ2n) is 4.26. The van der Waals surface area contributed by atoms with Gasteiger partial charge >= 0.3 is 5.97 Å². The van der Waals surface area contributed by atoms with Crippen LogP contribution in [0.15, 0.2) is 40.8 Å². The lowest BCUT2D eigenvalue weighted by atomic mass is 10.2. The first-order valence-electron chi connectivity index (χ1n) is 5.65. The fourth-order valence-corrected chi connectivity index (χ4v) is 2.11. The van der Waals surface area contributed by atoms with Crippen molar-refractivity contribution in [3.8, 4) is 11.5 Å².